The van der Waals surface area contributed by atoms with Gasteiger partial charge in [0.15, 0.2) is 0 Å². The van der Waals surface area contributed by atoms with E-state index in [2.05, 4.69) is 36.8 Å². The molecule has 0 aliphatic carbocycles. The van der Waals surface area contributed by atoms with Crippen LogP contribution >= 0.6 is 11.3 Å². The summed E-state index contributed by atoms with van der Waals surface area (Å²) in [6.45, 7) is 4.17. The Morgan fingerprint density at radius 2 is 2.31 bits per heavy atom. The van der Waals surface area contributed by atoms with Crippen LogP contribution in [0.3, 0.4) is 0 Å². The van der Waals surface area contributed by atoms with Crippen LogP contribution < -0.4 is 11.3 Å². The molecule has 0 amide bonds. The third kappa shape index (κ3) is 4.61. The number of hydrogen-bond acceptors (Lipinski definition) is 4. The Bertz CT molecular complexity index is 285. The van der Waals surface area contributed by atoms with Crippen molar-refractivity contribution in [2.24, 2.45) is 5.84 Å². The van der Waals surface area contributed by atoms with Crippen LogP contribution in [0, 0.1) is 0 Å². The van der Waals surface area contributed by atoms with Gasteiger partial charge in [-0.25, -0.2) is 0 Å². The highest BCUT2D eigenvalue weighted by Gasteiger charge is 2.21. The number of hydrogen-bond donors (Lipinski definition) is 2. The van der Waals surface area contributed by atoms with Gasteiger partial charge in [0.25, 0.3) is 0 Å². The molecule has 4 heteroatoms. The highest BCUT2D eigenvalue weighted by Crippen LogP contribution is 2.19. The van der Waals surface area contributed by atoms with Gasteiger partial charge in [-0.15, -0.1) is 11.3 Å². The summed E-state index contributed by atoms with van der Waals surface area (Å²) in [6, 6.07) is 4.56. The van der Waals surface area contributed by atoms with Crippen LogP contribution in [0.25, 0.3) is 0 Å². The van der Waals surface area contributed by atoms with Crippen molar-refractivity contribution >= 4 is 11.3 Å². The van der Waals surface area contributed by atoms with Crippen LogP contribution in [-0.4, -0.2) is 18.8 Å². The Labute approximate surface area is 102 Å². The summed E-state index contributed by atoms with van der Waals surface area (Å²) in [6.07, 6.45) is 3.04. The lowest BCUT2D eigenvalue weighted by Crippen LogP contribution is -2.41. The number of aryl methyl sites for hydroxylation is 1. The molecule has 1 aromatic rings. The van der Waals surface area contributed by atoms with E-state index in [0.717, 1.165) is 19.3 Å². The first-order chi connectivity index (χ1) is 7.57. The van der Waals surface area contributed by atoms with Crippen LogP contribution in [0.1, 0.15) is 31.6 Å². The van der Waals surface area contributed by atoms with E-state index in [1.807, 2.05) is 0 Å². The molecule has 0 radical (unpaired) electrons. The van der Waals surface area contributed by atoms with Gasteiger partial charge in [-0.1, -0.05) is 6.07 Å². The number of rotatable bonds is 7. The van der Waals surface area contributed by atoms with E-state index in [9.17, 15) is 0 Å². The molecule has 0 saturated heterocycles. The summed E-state index contributed by atoms with van der Waals surface area (Å²) in [5, 5.41) is 2.11. The van der Waals surface area contributed by atoms with Gasteiger partial charge < -0.3 is 4.74 Å². The minimum absolute atomic E-state index is 0.119. The van der Waals surface area contributed by atoms with Crippen LogP contribution in [0.2, 0.25) is 0 Å². The maximum absolute atomic E-state index is 5.57. The fraction of sp³-hybridized carbons (Fsp3) is 0.667. The van der Waals surface area contributed by atoms with Crippen LogP contribution in [0.4, 0.5) is 0 Å². The minimum Gasteiger partial charge on any atom is -0.379 e. The van der Waals surface area contributed by atoms with E-state index in [0.29, 0.717) is 6.04 Å². The molecule has 0 saturated carbocycles. The van der Waals surface area contributed by atoms with E-state index >= 15 is 0 Å². The maximum atomic E-state index is 5.57. The molecule has 1 atom stereocenters. The predicted octanol–water partition coefficient (Wildman–Crippen LogP) is 2.33. The van der Waals surface area contributed by atoms with Gasteiger partial charge in [0.05, 0.1) is 5.60 Å². The van der Waals surface area contributed by atoms with Gasteiger partial charge in [0, 0.05) is 18.0 Å². The van der Waals surface area contributed by atoms with Crippen molar-refractivity contribution in [2.75, 3.05) is 7.11 Å². The Kier molecular flexibility index (Phi) is 5.41. The highest BCUT2D eigenvalue weighted by molar-refractivity contribution is 7.09. The smallest absolute Gasteiger partial charge is 0.0638 e. The Morgan fingerprint density at radius 1 is 1.56 bits per heavy atom. The molecule has 1 aromatic heterocycles. The first kappa shape index (κ1) is 13.6. The number of hydrazine groups is 1. The normalized spacial score (nSPS) is 14.0. The molecular weight excluding hydrogens is 220 g/mol. The van der Waals surface area contributed by atoms with Gasteiger partial charge in [-0.3, -0.25) is 11.3 Å². The topological polar surface area (TPSA) is 47.3 Å². The molecule has 16 heavy (non-hydrogen) atoms. The minimum atomic E-state index is -0.119. The second-order valence-electron chi connectivity index (χ2n) is 4.65. The zero-order valence-electron chi connectivity index (χ0n) is 10.3. The zero-order valence-corrected chi connectivity index (χ0v) is 11.1. The Morgan fingerprint density at radius 3 is 2.81 bits per heavy atom. The second kappa shape index (κ2) is 6.35. The molecule has 0 aromatic carbocycles. The Hall–Kier alpha value is -0.420. The second-order valence-corrected chi connectivity index (χ2v) is 5.68. The average Bonchev–Trinajstić information content (AvgIpc) is 2.77. The number of nitrogens with one attached hydrogen (secondary N) is 1. The van der Waals surface area contributed by atoms with Crippen molar-refractivity contribution in [1.82, 2.24) is 5.43 Å². The summed E-state index contributed by atoms with van der Waals surface area (Å²) in [5.74, 6) is 5.57. The molecule has 3 nitrogen and oxygen atoms in total. The lowest BCUT2D eigenvalue weighted by atomic mass is 9.96. The van der Waals surface area contributed by atoms with Crippen molar-refractivity contribution in [3.63, 3.8) is 0 Å². The summed E-state index contributed by atoms with van der Waals surface area (Å²) in [5.41, 5.74) is 2.76. The molecule has 3 N–H and O–H groups in total. The van der Waals surface area contributed by atoms with Crippen LogP contribution in [0.5, 0.6) is 0 Å². The van der Waals surface area contributed by atoms with Crippen molar-refractivity contribution in [1.29, 1.82) is 0 Å². The van der Waals surface area contributed by atoms with E-state index in [4.69, 9.17) is 10.6 Å². The fourth-order valence-electron chi connectivity index (χ4n) is 1.69. The summed E-state index contributed by atoms with van der Waals surface area (Å²) in [7, 11) is 1.74. The molecule has 0 aliphatic heterocycles. The predicted molar refractivity (Wildman–Crippen MR) is 69.5 cm³/mol. The number of thiophene rings is 1. The monoisotopic (exact) mass is 242 g/mol. The molecule has 0 fully saturated rings. The van der Waals surface area contributed by atoms with Crippen LogP contribution in [-0.2, 0) is 11.2 Å². The van der Waals surface area contributed by atoms with Crippen LogP contribution in [0.15, 0.2) is 17.5 Å². The third-order valence-corrected chi connectivity index (χ3v) is 3.78. The average molecular weight is 242 g/mol. The number of nitrogens with two attached hydrogens (primary N) is 1. The van der Waals surface area contributed by atoms with Gasteiger partial charge >= 0.3 is 0 Å². The quantitative estimate of drug-likeness (QED) is 0.570. The van der Waals surface area contributed by atoms with E-state index in [1.165, 1.54) is 4.88 Å². The van der Waals surface area contributed by atoms with Gasteiger partial charge in [0.1, 0.15) is 0 Å². The SMILES string of the molecule is COC(C)(C)CC(CCc1cccs1)NN. The van der Waals surface area contributed by atoms with Crippen molar-refractivity contribution in [3.8, 4) is 0 Å². The summed E-state index contributed by atoms with van der Waals surface area (Å²) < 4.78 is 5.41. The van der Waals surface area contributed by atoms with Crippen molar-refractivity contribution in [3.05, 3.63) is 22.4 Å². The van der Waals surface area contributed by atoms with E-state index < -0.39 is 0 Å². The molecule has 1 heterocycles. The van der Waals surface area contributed by atoms with Crippen molar-refractivity contribution < 1.29 is 4.74 Å². The maximum Gasteiger partial charge on any atom is 0.0638 e. The largest absolute Gasteiger partial charge is 0.379 e. The fourth-order valence-corrected chi connectivity index (χ4v) is 2.42. The molecule has 0 aliphatic rings. The molecule has 0 bridgehead atoms. The first-order valence-electron chi connectivity index (χ1n) is 5.61. The summed E-state index contributed by atoms with van der Waals surface area (Å²) in [4.78, 5) is 1.41. The standard InChI is InChI=1S/C12H22N2OS/c1-12(2,15-3)9-10(14-13)6-7-11-5-4-8-16-11/h4-5,8,10,14H,6-7,9,13H2,1-3H3. The lowest BCUT2D eigenvalue weighted by Gasteiger charge is -2.28. The Balaban J connectivity index is 2.37. The molecule has 1 rings (SSSR count). The van der Waals surface area contributed by atoms with E-state index in [1.54, 1.807) is 18.4 Å². The molecule has 92 valence electrons. The zero-order chi connectivity index (χ0) is 12.0. The van der Waals surface area contributed by atoms with Crippen molar-refractivity contribution in [2.45, 2.75) is 44.8 Å². The highest BCUT2D eigenvalue weighted by atomic mass is 32.1. The molecule has 0 spiro atoms. The van der Waals surface area contributed by atoms with E-state index in [-0.39, 0.29) is 5.60 Å². The number of ether oxygens (including phenoxy) is 1. The summed E-state index contributed by atoms with van der Waals surface area (Å²) >= 11 is 1.80. The third-order valence-electron chi connectivity index (χ3n) is 2.85. The molecule has 1 unspecified atom stereocenters. The molecular formula is C12H22N2OS. The van der Waals surface area contributed by atoms with Gasteiger partial charge in [-0.2, -0.15) is 0 Å². The van der Waals surface area contributed by atoms with Gasteiger partial charge in [-0.05, 0) is 44.6 Å². The number of methoxy groups -OCH3 is 1. The lowest BCUT2D eigenvalue weighted by molar-refractivity contribution is 0.00641. The first-order valence-corrected chi connectivity index (χ1v) is 6.49. The van der Waals surface area contributed by atoms with Gasteiger partial charge in [0.2, 0.25) is 0 Å².